The van der Waals surface area contributed by atoms with Gasteiger partial charge in [0.15, 0.2) is 0 Å². The molecule has 0 aliphatic heterocycles. The number of aryl methyl sites for hydroxylation is 2. The largest absolute Gasteiger partial charge is 0.460 e. The van der Waals surface area contributed by atoms with E-state index >= 15 is 0 Å². The van der Waals surface area contributed by atoms with Gasteiger partial charge in [0.2, 0.25) is 10.0 Å². The molecule has 158 valence electrons. The molecule has 0 saturated heterocycles. The summed E-state index contributed by atoms with van der Waals surface area (Å²) in [7, 11) is -2.50. The maximum absolute atomic E-state index is 12.6. The van der Waals surface area contributed by atoms with Gasteiger partial charge in [0.1, 0.15) is 18.7 Å². The summed E-state index contributed by atoms with van der Waals surface area (Å²) in [6.07, 6.45) is 0.792. The number of ether oxygens (including phenoxy) is 1. The maximum Gasteiger partial charge on any atom is 0.336 e. The standard InChI is InChI=1S/C22H23NO6S/c1-4-16-7-10-19-17(12-21(24)29-20(19)11-16)14-28-22(25)13-23(3)30(26,27)18-8-5-15(2)6-9-18/h5-12H,4,13-14H2,1-3H3. The molecule has 0 spiro atoms. The number of hydrogen-bond acceptors (Lipinski definition) is 6. The molecule has 3 aromatic rings. The molecule has 7 nitrogen and oxygen atoms in total. The van der Waals surface area contributed by atoms with Crippen molar-refractivity contribution in [3.05, 3.63) is 75.6 Å². The molecule has 1 heterocycles. The maximum atomic E-state index is 12.6. The normalized spacial score (nSPS) is 11.7. The van der Waals surface area contributed by atoms with Gasteiger partial charge in [0.25, 0.3) is 0 Å². The zero-order valence-corrected chi connectivity index (χ0v) is 17.9. The van der Waals surface area contributed by atoms with Crippen molar-refractivity contribution >= 4 is 27.0 Å². The molecule has 3 rings (SSSR count). The first kappa shape index (κ1) is 21.7. The van der Waals surface area contributed by atoms with Crippen LogP contribution in [0.4, 0.5) is 0 Å². The summed E-state index contributed by atoms with van der Waals surface area (Å²) < 4.78 is 36.6. The number of nitrogens with zero attached hydrogens (tertiary/aromatic N) is 1. The van der Waals surface area contributed by atoms with Crippen molar-refractivity contribution in [3.63, 3.8) is 0 Å². The van der Waals surface area contributed by atoms with Gasteiger partial charge in [-0.2, -0.15) is 4.31 Å². The van der Waals surface area contributed by atoms with Crippen molar-refractivity contribution in [1.29, 1.82) is 0 Å². The predicted molar refractivity (Wildman–Crippen MR) is 113 cm³/mol. The Balaban J connectivity index is 1.71. The minimum Gasteiger partial charge on any atom is -0.460 e. The van der Waals surface area contributed by atoms with Crippen LogP contribution in [0.25, 0.3) is 11.0 Å². The van der Waals surface area contributed by atoms with Crippen molar-refractivity contribution in [2.45, 2.75) is 31.8 Å². The van der Waals surface area contributed by atoms with Crippen LogP contribution in [0.15, 0.2) is 62.6 Å². The molecule has 2 aromatic carbocycles. The summed E-state index contributed by atoms with van der Waals surface area (Å²) in [6.45, 7) is 3.24. The number of sulfonamides is 1. The minimum atomic E-state index is -3.82. The van der Waals surface area contributed by atoms with Gasteiger partial charge < -0.3 is 9.15 Å². The Morgan fingerprint density at radius 2 is 1.80 bits per heavy atom. The van der Waals surface area contributed by atoms with Gasteiger partial charge >= 0.3 is 11.6 Å². The first-order valence-corrected chi connectivity index (χ1v) is 10.9. The van der Waals surface area contributed by atoms with E-state index in [1.54, 1.807) is 18.2 Å². The summed E-state index contributed by atoms with van der Waals surface area (Å²) in [4.78, 5) is 24.2. The van der Waals surface area contributed by atoms with Gasteiger partial charge in [-0.3, -0.25) is 4.79 Å². The van der Waals surface area contributed by atoms with E-state index in [2.05, 4.69) is 0 Å². The van der Waals surface area contributed by atoms with Crippen LogP contribution in [-0.4, -0.2) is 32.3 Å². The zero-order chi connectivity index (χ0) is 21.9. The summed E-state index contributed by atoms with van der Waals surface area (Å²) >= 11 is 0. The van der Waals surface area contributed by atoms with Crippen LogP contribution in [0.2, 0.25) is 0 Å². The molecule has 1 aromatic heterocycles. The van der Waals surface area contributed by atoms with Crippen LogP contribution in [0.3, 0.4) is 0 Å². The SMILES string of the molecule is CCc1ccc2c(COC(=O)CN(C)S(=O)(=O)c3ccc(C)cc3)cc(=O)oc2c1. The highest BCUT2D eigenvalue weighted by Crippen LogP contribution is 2.20. The van der Waals surface area contributed by atoms with Gasteiger partial charge in [-0.25, -0.2) is 13.2 Å². The second kappa shape index (κ2) is 8.81. The van der Waals surface area contributed by atoms with Crippen molar-refractivity contribution in [2.75, 3.05) is 13.6 Å². The predicted octanol–water partition coefficient (Wildman–Crippen LogP) is 3.03. The van der Waals surface area contributed by atoms with Crippen LogP contribution in [-0.2, 0) is 32.6 Å². The fraction of sp³-hybridized carbons (Fsp3) is 0.273. The lowest BCUT2D eigenvalue weighted by atomic mass is 10.1. The lowest BCUT2D eigenvalue weighted by Gasteiger charge is -2.16. The van der Waals surface area contributed by atoms with Gasteiger partial charge in [-0.15, -0.1) is 0 Å². The van der Waals surface area contributed by atoms with Crippen LogP contribution < -0.4 is 5.63 Å². The number of likely N-dealkylation sites (N-methyl/N-ethyl adjacent to an activating group) is 1. The third kappa shape index (κ3) is 4.77. The van der Waals surface area contributed by atoms with E-state index < -0.39 is 28.2 Å². The Bertz CT molecular complexity index is 1230. The number of benzene rings is 2. The molecule has 0 atom stereocenters. The Morgan fingerprint density at radius 1 is 1.10 bits per heavy atom. The molecular formula is C22H23NO6S. The molecule has 0 fully saturated rings. The summed E-state index contributed by atoms with van der Waals surface area (Å²) in [5.41, 5.74) is 2.33. The highest BCUT2D eigenvalue weighted by atomic mass is 32.2. The Kier molecular flexibility index (Phi) is 6.38. The molecule has 30 heavy (non-hydrogen) atoms. The van der Waals surface area contributed by atoms with E-state index in [1.807, 2.05) is 26.0 Å². The number of carbonyl (C=O) groups is 1. The van der Waals surface area contributed by atoms with Gasteiger partial charge in [-0.1, -0.05) is 36.8 Å². The molecular weight excluding hydrogens is 406 g/mol. The molecule has 0 unspecified atom stereocenters. The highest BCUT2D eigenvalue weighted by Gasteiger charge is 2.23. The van der Waals surface area contributed by atoms with Gasteiger partial charge in [0.05, 0.1) is 4.90 Å². The number of esters is 1. The Labute approximate surface area is 174 Å². The Hall–Kier alpha value is -2.97. The van der Waals surface area contributed by atoms with Crippen molar-refractivity contribution in [2.24, 2.45) is 0 Å². The van der Waals surface area contributed by atoms with Gasteiger partial charge in [-0.05, 0) is 37.1 Å². The lowest BCUT2D eigenvalue weighted by Crippen LogP contribution is -2.33. The molecule has 0 aliphatic carbocycles. The first-order chi connectivity index (χ1) is 14.2. The fourth-order valence-corrected chi connectivity index (χ4v) is 4.09. The molecule has 0 bridgehead atoms. The summed E-state index contributed by atoms with van der Waals surface area (Å²) in [5.74, 6) is -0.722. The fourth-order valence-electron chi connectivity index (χ4n) is 2.97. The van der Waals surface area contributed by atoms with E-state index in [9.17, 15) is 18.0 Å². The van der Waals surface area contributed by atoms with E-state index in [1.165, 1.54) is 25.2 Å². The third-order valence-electron chi connectivity index (χ3n) is 4.77. The van der Waals surface area contributed by atoms with Crippen molar-refractivity contribution in [1.82, 2.24) is 4.31 Å². The quantitative estimate of drug-likeness (QED) is 0.423. The third-order valence-corrected chi connectivity index (χ3v) is 6.59. The summed E-state index contributed by atoms with van der Waals surface area (Å²) in [5, 5.41) is 0.667. The van der Waals surface area contributed by atoms with Crippen LogP contribution in [0, 0.1) is 6.92 Å². The minimum absolute atomic E-state index is 0.0989. The van der Waals surface area contributed by atoms with Crippen LogP contribution >= 0.6 is 0 Å². The average molecular weight is 429 g/mol. The number of hydrogen-bond donors (Lipinski definition) is 0. The molecule has 8 heteroatoms. The zero-order valence-electron chi connectivity index (χ0n) is 17.0. The average Bonchev–Trinajstić information content (AvgIpc) is 2.71. The van der Waals surface area contributed by atoms with E-state index in [0.29, 0.717) is 16.5 Å². The molecule has 0 aliphatic rings. The van der Waals surface area contributed by atoms with Crippen molar-refractivity contribution in [3.8, 4) is 0 Å². The lowest BCUT2D eigenvalue weighted by molar-refractivity contribution is -0.144. The smallest absolute Gasteiger partial charge is 0.336 e. The van der Waals surface area contributed by atoms with E-state index in [0.717, 1.165) is 21.9 Å². The number of rotatable bonds is 7. The second-order valence-electron chi connectivity index (χ2n) is 7.01. The van der Waals surface area contributed by atoms with Gasteiger partial charge in [0, 0.05) is 24.1 Å². The number of fused-ring (bicyclic) bond motifs is 1. The number of carbonyl (C=O) groups excluding carboxylic acids is 1. The van der Waals surface area contributed by atoms with Crippen LogP contribution in [0.5, 0.6) is 0 Å². The monoisotopic (exact) mass is 429 g/mol. The molecule has 0 N–H and O–H groups in total. The van der Waals surface area contributed by atoms with E-state index in [4.69, 9.17) is 9.15 Å². The van der Waals surface area contributed by atoms with Crippen molar-refractivity contribution < 1.29 is 22.4 Å². The first-order valence-electron chi connectivity index (χ1n) is 9.45. The molecule has 0 saturated carbocycles. The highest BCUT2D eigenvalue weighted by molar-refractivity contribution is 7.89. The second-order valence-corrected chi connectivity index (χ2v) is 9.05. The topological polar surface area (TPSA) is 93.9 Å². The molecule has 0 amide bonds. The summed E-state index contributed by atoms with van der Waals surface area (Å²) in [6, 6.07) is 13.1. The Morgan fingerprint density at radius 3 is 2.47 bits per heavy atom. The van der Waals surface area contributed by atoms with Crippen LogP contribution in [0.1, 0.15) is 23.6 Å². The van der Waals surface area contributed by atoms with E-state index in [-0.39, 0.29) is 11.5 Å². The molecule has 0 radical (unpaired) electrons.